The van der Waals surface area contributed by atoms with Gasteiger partial charge in [-0.3, -0.25) is 4.57 Å². The minimum absolute atomic E-state index is 0.0474. The molecule has 96 valence electrons. The van der Waals surface area contributed by atoms with Gasteiger partial charge in [0, 0.05) is 6.42 Å². The number of hydrogen-bond acceptors (Lipinski definition) is 2. The molecule has 0 aliphatic carbocycles. The van der Waals surface area contributed by atoms with Crippen molar-refractivity contribution < 1.29 is 13.2 Å². The number of nitrogens with zero attached hydrogens (tertiary/aromatic N) is 3. The lowest BCUT2D eigenvalue weighted by Crippen LogP contribution is -2.07. The third kappa shape index (κ3) is 2.33. The van der Waals surface area contributed by atoms with Crippen molar-refractivity contribution in [3.63, 3.8) is 0 Å². The third-order valence-corrected chi connectivity index (χ3v) is 2.68. The van der Waals surface area contributed by atoms with Gasteiger partial charge < -0.3 is 0 Å². The molecular formula is C11H9ClF3N3. The second-order valence-corrected chi connectivity index (χ2v) is 3.96. The van der Waals surface area contributed by atoms with Crippen LogP contribution in [0.25, 0.3) is 5.69 Å². The Hall–Kier alpha value is -1.56. The van der Waals surface area contributed by atoms with Gasteiger partial charge in [0.2, 0.25) is 5.28 Å². The summed E-state index contributed by atoms with van der Waals surface area (Å²) < 4.78 is 39.3. The maximum absolute atomic E-state index is 12.6. The lowest BCUT2D eigenvalue weighted by Gasteiger charge is -2.10. The first-order valence-electron chi connectivity index (χ1n) is 5.21. The van der Waals surface area contributed by atoms with E-state index < -0.39 is 11.7 Å². The Morgan fingerprint density at radius 1 is 1.28 bits per heavy atom. The largest absolute Gasteiger partial charge is 0.416 e. The van der Waals surface area contributed by atoms with Crippen LogP contribution in [0, 0.1) is 0 Å². The zero-order valence-electron chi connectivity index (χ0n) is 9.37. The van der Waals surface area contributed by atoms with Crippen LogP contribution in [0.3, 0.4) is 0 Å². The van der Waals surface area contributed by atoms with Gasteiger partial charge in [0.1, 0.15) is 5.82 Å². The summed E-state index contributed by atoms with van der Waals surface area (Å²) in [5.74, 6) is 0.513. The first-order valence-corrected chi connectivity index (χ1v) is 5.58. The fourth-order valence-corrected chi connectivity index (χ4v) is 1.83. The van der Waals surface area contributed by atoms with Gasteiger partial charge in [-0.15, -0.1) is 10.2 Å². The highest BCUT2D eigenvalue weighted by atomic mass is 35.5. The highest BCUT2D eigenvalue weighted by molar-refractivity contribution is 6.28. The van der Waals surface area contributed by atoms with Crippen molar-refractivity contribution in [2.24, 2.45) is 0 Å². The number of aryl methyl sites for hydroxylation is 1. The lowest BCUT2D eigenvalue weighted by atomic mass is 10.2. The van der Waals surface area contributed by atoms with E-state index in [1.165, 1.54) is 16.7 Å². The molecule has 2 aromatic rings. The molecule has 1 aromatic heterocycles. The normalized spacial score (nSPS) is 11.8. The smallest absolute Gasteiger partial charge is 0.270 e. The molecule has 0 aliphatic rings. The Morgan fingerprint density at radius 2 is 2.00 bits per heavy atom. The van der Waals surface area contributed by atoms with Gasteiger partial charge in [0.15, 0.2) is 0 Å². The van der Waals surface area contributed by atoms with E-state index in [0.717, 1.165) is 12.1 Å². The number of aromatic nitrogens is 3. The van der Waals surface area contributed by atoms with Gasteiger partial charge in [-0.1, -0.05) is 13.0 Å². The van der Waals surface area contributed by atoms with E-state index in [2.05, 4.69) is 10.2 Å². The van der Waals surface area contributed by atoms with E-state index in [9.17, 15) is 13.2 Å². The molecule has 0 aliphatic heterocycles. The molecule has 2 rings (SSSR count). The van der Waals surface area contributed by atoms with Crippen LogP contribution in [0.2, 0.25) is 5.28 Å². The number of benzene rings is 1. The average Bonchev–Trinajstić information content (AvgIpc) is 2.69. The van der Waals surface area contributed by atoms with Crippen molar-refractivity contribution in [1.82, 2.24) is 14.8 Å². The molecule has 0 N–H and O–H groups in total. The van der Waals surface area contributed by atoms with Crippen LogP contribution in [-0.4, -0.2) is 14.8 Å². The van der Waals surface area contributed by atoms with Gasteiger partial charge in [-0.25, -0.2) is 0 Å². The SMILES string of the molecule is CCc1nnc(Cl)n1-c1cccc(C(F)(F)F)c1. The summed E-state index contributed by atoms with van der Waals surface area (Å²) in [6.45, 7) is 1.82. The van der Waals surface area contributed by atoms with Crippen molar-refractivity contribution in [3.05, 3.63) is 40.9 Å². The van der Waals surface area contributed by atoms with Crippen molar-refractivity contribution in [1.29, 1.82) is 0 Å². The highest BCUT2D eigenvalue weighted by Crippen LogP contribution is 2.31. The molecular weight excluding hydrogens is 267 g/mol. The minimum Gasteiger partial charge on any atom is -0.270 e. The predicted octanol–water partition coefficient (Wildman–Crippen LogP) is 3.50. The lowest BCUT2D eigenvalue weighted by molar-refractivity contribution is -0.137. The molecule has 1 heterocycles. The molecule has 3 nitrogen and oxygen atoms in total. The second-order valence-electron chi connectivity index (χ2n) is 3.62. The van der Waals surface area contributed by atoms with Crippen LogP contribution in [0.4, 0.5) is 13.2 Å². The molecule has 0 amide bonds. The van der Waals surface area contributed by atoms with Gasteiger partial charge >= 0.3 is 6.18 Å². The number of halogens is 4. The van der Waals surface area contributed by atoms with Gasteiger partial charge in [0.05, 0.1) is 11.3 Å². The quantitative estimate of drug-likeness (QED) is 0.840. The summed E-state index contributed by atoms with van der Waals surface area (Å²) in [6, 6.07) is 4.89. The Bertz CT molecular complexity index is 563. The van der Waals surface area contributed by atoms with Crippen molar-refractivity contribution >= 4 is 11.6 Å². The maximum atomic E-state index is 12.6. The molecule has 0 unspecified atom stereocenters. The molecule has 0 saturated carbocycles. The second kappa shape index (κ2) is 4.61. The van der Waals surface area contributed by atoms with Crippen LogP contribution in [-0.2, 0) is 12.6 Å². The van der Waals surface area contributed by atoms with E-state index in [-0.39, 0.29) is 5.28 Å². The zero-order valence-corrected chi connectivity index (χ0v) is 10.1. The average molecular weight is 276 g/mol. The van der Waals surface area contributed by atoms with Crippen LogP contribution in [0.15, 0.2) is 24.3 Å². The summed E-state index contributed by atoms with van der Waals surface area (Å²) in [4.78, 5) is 0. The topological polar surface area (TPSA) is 30.7 Å². The van der Waals surface area contributed by atoms with Crippen LogP contribution in [0.1, 0.15) is 18.3 Å². The fourth-order valence-electron chi connectivity index (χ4n) is 1.60. The third-order valence-electron chi connectivity index (χ3n) is 2.44. The molecule has 0 fully saturated rings. The van der Waals surface area contributed by atoms with Crippen LogP contribution in [0.5, 0.6) is 0 Å². The first-order chi connectivity index (χ1) is 8.43. The molecule has 18 heavy (non-hydrogen) atoms. The molecule has 1 aromatic carbocycles. The molecule has 0 saturated heterocycles. The van der Waals surface area contributed by atoms with Crippen molar-refractivity contribution in [2.75, 3.05) is 0 Å². The van der Waals surface area contributed by atoms with E-state index in [1.54, 1.807) is 0 Å². The zero-order chi connectivity index (χ0) is 13.3. The van der Waals surface area contributed by atoms with Crippen LogP contribution < -0.4 is 0 Å². The first kappa shape index (κ1) is 12.9. The van der Waals surface area contributed by atoms with E-state index >= 15 is 0 Å². The Morgan fingerprint density at radius 3 is 2.61 bits per heavy atom. The fraction of sp³-hybridized carbons (Fsp3) is 0.273. The molecule has 0 radical (unpaired) electrons. The molecule has 0 spiro atoms. The van der Waals surface area contributed by atoms with E-state index in [0.29, 0.717) is 17.9 Å². The monoisotopic (exact) mass is 275 g/mol. The Kier molecular flexibility index (Phi) is 3.30. The summed E-state index contributed by atoms with van der Waals surface area (Å²) in [7, 11) is 0. The molecule has 0 bridgehead atoms. The van der Waals surface area contributed by atoms with Crippen molar-refractivity contribution in [3.8, 4) is 5.69 Å². The number of hydrogen-bond donors (Lipinski definition) is 0. The summed E-state index contributed by atoms with van der Waals surface area (Å²) in [5, 5.41) is 7.50. The summed E-state index contributed by atoms with van der Waals surface area (Å²) in [5.41, 5.74) is -0.427. The minimum atomic E-state index is -4.39. The predicted molar refractivity (Wildman–Crippen MR) is 60.7 cm³/mol. The van der Waals surface area contributed by atoms with E-state index in [4.69, 9.17) is 11.6 Å². The standard InChI is InChI=1S/C11H9ClF3N3/c1-2-9-16-17-10(12)18(9)8-5-3-4-7(6-8)11(13,14)15/h3-6H,2H2,1H3. The van der Waals surface area contributed by atoms with Gasteiger partial charge in [-0.2, -0.15) is 13.2 Å². The van der Waals surface area contributed by atoms with Gasteiger partial charge in [0.25, 0.3) is 0 Å². The Labute approximate surface area is 106 Å². The number of alkyl halides is 3. The number of rotatable bonds is 2. The maximum Gasteiger partial charge on any atom is 0.416 e. The van der Waals surface area contributed by atoms with Crippen molar-refractivity contribution in [2.45, 2.75) is 19.5 Å². The Balaban J connectivity index is 2.55. The van der Waals surface area contributed by atoms with Crippen LogP contribution >= 0.6 is 11.6 Å². The highest BCUT2D eigenvalue weighted by Gasteiger charge is 2.30. The molecule has 0 atom stereocenters. The molecule has 7 heteroatoms. The summed E-state index contributed by atoms with van der Waals surface area (Å²) >= 11 is 5.83. The van der Waals surface area contributed by atoms with Gasteiger partial charge in [-0.05, 0) is 29.8 Å². The van der Waals surface area contributed by atoms with E-state index in [1.807, 2.05) is 6.92 Å². The summed E-state index contributed by atoms with van der Waals surface area (Å²) in [6.07, 6.45) is -3.86.